The van der Waals surface area contributed by atoms with Crippen molar-refractivity contribution in [3.63, 3.8) is 0 Å². The molecule has 6 nitrogen and oxygen atoms in total. The van der Waals surface area contributed by atoms with E-state index in [-0.39, 0.29) is 22.8 Å². The number of nitrogens with zero attached hydrogens (tertiary/aromatic N) is 3. The molecule has 0 radical (unpaired) electrons. The zero-order valence-electron chi connectivity index (χ0n) is 13.5. The van der Waals surface area contributed by atoms with Crippen molar-refractivity contribution in [1.82, 2.24) is 15.5 Å². The predicted octanol–water partition coefficient (Wildman–Crippen LogP) is 3.54. The van der Waals surface area contributed by atoms with Crippen LogP contribution in [0.3, 0.4) is 0 Å². The molecule has 2 aromatic rings. The zero-order chi connectivity index (χ0) is 17.7. The number of amides is 1. The molecule has 0 spiro atoms. The van der Waals surface area contributed by atoms with Gasteiger partial charge in [-0.25, -0.2) is 0 Å². The lowest BCUT2D eigenvalue weighted by Gasteiger charge is -2.27. The van der Waals surface area contributed by atoms with Crippen LogP contribution in [0.15, 0.2) is 33.9 Å². The van der Waals surface area contributed by atoms with Crippen LogP contribution in [-0.4, -0.2) is 27.4 Å². The SMILES string of the molecule is CC(C)C(C)(C#N)NC(=O)CSc1nnc(-c2cccc(Cl)c2)o1. The van der Waals surface area contributed by atoms with E-state index in [1.54, 1.807) is 25.1 Å². The molecule has 0 saturated heterocycles. The fraction of sp³-hybridized carbons (Fsp3) is 0.375. The van der Waals surface area contributed by atoms with Gasteiger partial charge in [0.15, 0.2) is 0 Å². The summed E-state index contributed by atoms with van der Waals surface area (Å²) in [5.74, 6) is 0.153. The molecular formula is C16H17ClN4O2S. The van der Waals surface area contributed by atoms with Gasteiger partial charge in [-0.2, -0.15) is 5.26 Å². The summed E-state index contributed by atoms with van der Waals surface area (Å²) in [6.45, 7) is 5.46. The maximum atomic E-state index is 12.0. The lowest BCUT2D eigenvalue weighted by atomic mass is 9.90. The molecule has 1 heterocycles. The second-order valence-corrected chi connectivity index (χ2v) is 7.05. The highest BCUT2D eigenvalue weighted by Crippen LogP contribution is 2.25. The summed E-state index contributed by atoms with van der Waals surface area (Å²) in [7, 11) is 0. The average molecular weight is 365 g/mol. The van der Waals surface area contributed by atoms with Gasteiger partial charge in [-0.3, -0.25) is 4.79 Å². The number of aromatic nitrogens is 2. The van der Waals surface area contributed by atoms with Crippen LogP contribution in [0.2, 0.25) is 5.02 Å². The maximum Gasteiger partial charge on any atom is 0.277 e. The molecule has 2 rings (SSSR count). The first-order valence-electron chi connectivity index (χ1n) is 7.28. The van der Waals surface area contributed by atoms with Crippen molar-refractivity contribution in [1.29, 1.82) is 5.26 Å². The number of thioether (sulfide) groups is 1. The minimum absolute atomic E-state index is 0.00529. The molecule has 0 aliphatic rings. The van der Waals surface area contributed by atoms with Crippen molar-refractivity contribution in [2.75, 3.05) is 5.75 Å². The number of hydrogen-bond donors (Lipinski definition) is 1. The van der Waals surface area contributed by atoms with Crippen molar-refractivity contribution in [3.05, 3.63) is 29.3 Å². The number of hydrogen-bond acceptors (Lipinski definition) is 6. The van der Waals surface area contributed by atoms with E-state index in [9.17, 15) is 10.1 Å². The van der Waals surface area contributed by atoms with Gasteiger partial charge in [0.05, 0.1) is 11.8 Å². The molecule has 1 atom stereocenters. The maximum absolute atomic E-state index is 12.0. The van der Waals surface area contributed by atoms with Gasteiger partial charge in [0.1, 0.15) is 5.54 Å². The van der Waals surface area contributed by atoms with E-state index in [2.05, 4.69) is 21.6 Å². The monoisotopic (exact) mass is 364 g/mol. The van der Waals surface area contributed by atoms with Crippen molar-refractivity contribution in [2.24, 2.45) is 5.92 Å². The molecule has 126 valence electrons. The Labute approximate surface area is 149 Å². The summed E-state index contributed by atoms with van der Waals surface area (Å²) in [5.41, 5.74) is -0.193. The Bertz CT molecular complexity index is 771. The van der Waals surface area contributed by atoms with Gasteiger partial charge in [-0.05, 0) is 31.0 Å². The molecule has 0 saturated carbocycles. The predicted molar refractivity (Wildman–Crippen MR) is 92.5 cm³/mol. The Morgan fingerprint density at radius 2 is 2.25 bits per heavy atom. The van der Waals surface area contributed by atoms with Crippen LogP contribution in [0.5, 0.6) is 0 Å². The van der Waals surface area contributed by atoms with Crippen LogP contribution >= 0.6 is 23.4 Å². The third-order valence-electron chi connectivity index (χ3n) is 3.59. The third kappa shape index (κ3) is 4.49. The Balaban J connectivity index is 1.96. The lowest BCUT2D eigenvalue weighted by molar-refractivity contribution is -0.120. The first-order chi connectivity index (χ1) is 11.3. The Kier molecular flexibility index (Phi) is 5.86. The van der Waals surface area contributed by atoms with E-state index < -0.39 is 5.54 Å². The molecule has 1 unspecified atom stereocenters. The summed E-state index contributed by atoms with van der Waals surface area (Å²) >= 11 is 7.05. The Hall–Kier alpha value is -2.04. The van der Waals surface area contributed by atoms with Crippen LogP contribution in [-0.2, 0) is 4.79 Å². The highest BCUT2D eigenvalue weighted by molar-refractivity contribution is 7.99. The van der Waals surface area contributed by atoms with Crippen LogP contribution in [0.4, 0.5) is 0 Å². The topological polar surface area (TPSA) is 91.8 Å². The number of rotatable bonds is 6. The van der Waals surface area contributed by atoms with E-state index in [1.165, 1.54) is 0 Å². The second-order valence-electron chi connectivity index (χ2n) is 5.69. The molecule has 1 amide bonds. The summed E-state index contributed by atoms with van der Waals surface area (Å²) < 4.78 is 5.52. The fourth-order valence-electron chi connectivity index (χ4n) is 1.76. The number of nitrogens with one attached hydrogen (secondary N) is 1. The van der Waals surface area contributed by atoms with Gasteiger partial charge in [0.25, 0.3) is 5.22 Å². The van der Waals surface area contributed by atoms with E-state index in [1.807, 2.05) is 19.9 Å². The summed E-state index contributed by atoms with van der Waals surface area (Å²) in [4.78, 5) is 12.0. The highest BCUT2D eigenvalue weighted by atomic mass is 35.5. The molecule has 0 fully saturated rings. The first kappa shape index (κ1) is 18.3. The van der Waals surface area contributed by atoms with Gasteiger partial charge in [-0.1, -0.05) is 43.3 Å². The van der Waals surface area contributed by atoms with Gasteiger partial charge >= 0.3 is 0 Å². The van der Waals surface area contributed by atoms with Crippen LogP contribution < -0.4 is 5.32 Å². The zero-order valence-corrected chi connectivity index (χ0v) is 15.1. The summed E-state index contributed by atoms with van der Waals surface area (Å²) in [6.07, 6.45) is 0. The first-order valence-corrected chi connectivity index (χ1v) is 8.65. The standard InChI is InChI=1S/C16H17ClN4O2S/c1-10(2)16(3,9-18)19-13(22)8-24-15-21-20-14(23-15)11-5-4-6-12(17)7-11/h4-7,10H,8H2,1-3H3,(H,19,22). The van der Waals surface area contributed by atoms with Crippen molar-refractivity contribution in [2.45, 2.75) is 31.5 Å². The van der Waals surface area contributed by atoms with E-state index in [0.717, 1.165) is 11.8 Å². The number of carbonyl (C=O) groups excluding carboxylic acids is 1. The average Bonchev–Trinajstić information content (AvgIpc) is 3.01. The van der Waals surface area contributed by atoms with Gasteiger partial charge in [0.2, 0.25) is 11.8 Å². The van der Waals surface area contributed by atoms with E-state index in [0.29, 0.717) is 16.5 Å². The third-order valence-corrected chi connectivity index (χ3v) is 4.64. The molecule has 1 aromatic heterocycles. The smallest absolute Gasteiger partial charge is 0.277 e. The van der Waals surface area contributed by atoms with Crippen molar-refractivity contribution in [3.8, 4) is 17.5 Å². The molecule has 1 aromatic carbocycles. The molecule has 24 heavy (non-hydrogen) atoms. The molecule has 8 heteroatoms. The molecule has 0 aliphatic carbocycles. The van der Waals surface area contributed by atoms with Crippen LogP contribution in [0.1, 0.15) is 20.8 Å². The summed E-state index contributed by atoms with van der Waals surface area (Å²) in [6, 6.07) is 9.20. The second kappa shape index (κ2) is 7.69. The van der Waals surface area contributed by atoms with Gasteiger partial charge in [0, 0.05) is 10.6 Å². The normalized spacial score (nSPS) is 13.3. The lowest BCUT2D eigenvalue weighted by Crippen LogP contribution is -2.49. The minimum atomic E-state index is -0.904. The fourth-order valence-corrected chi connectivity index (χ4v) is 2.51. The largest absolute Gasteiger partial charge is 0.411 e. The number of nitriles is 1. The summed E-state index contributed by atoms with van der Waals surface area (Å²) in [5, 5.41) is 20.7. The Morgan fingerprint density at radius 3 is 2.88 bits per heavy atom. The van der Waals surface area contributed by atoms with Crippen molar-refractivity contribution >= 4 is 29.3 Å². The van der Waals surface area contributed by atoms with E-state index in [4.69, 9.17) is 16.0 Å². The molecular weight excluding hydrogens is 348 g/mol. The number of carbonyl (C=O) groups is 1. The van der Waals surface area contributed by atoms with E-state index >= 15 is 0 Å². The number of halogens is 1. The molecule has 0 aliphatic heterocycles. The van der Waals surface area contributed by atoms with Gasteiger partial charge in [-0.15, -0.1) is 10.2 Å². The van der Waals surface area contributed by atoms with Crippen molar-refractivity contribution < 1.29 is 9.21 Å². The van der Waals surface area contributed by atoms with Gasteiger partial charge < -0.3 is 9.73 Å². The van der Waals surface area contributed by atoms with Crippen LogP contribution in [0.25, 0.3) is 11.5 Å². The Morgan fingerprint density at radius 1 is 1.50 bits per heavy atom. The quantitative estimate of drug-likeness (QED) is 0.788. The highest BCUT2D eigenvalue weighted by Gasteiger charge is 2.30. The number of benzene rings is 1. The molecule has 0 bridgehead atoms. The van der Waals surface area contributed by atoms with Crippen LogP contribution in [0, 0.1) is 17.2 Å². The molecule has 1 N–H and O–H groups in total. The minimum Gasteiger partial charge on any atom is -0.411 e.